The Hall–Kier alpha value is -1.67. The Morgan fingerprint density at radius 1 is 1.06 bits per heavy atom. The second kappa shape index (κ2) is 4.45. The van der Waals surface area contributed by atoms with Gasteiger partial charge in [0.1, 0.15) is 5.75 Å². The molecule has 0 saturated carbocycles. The number of ether oxygens (including phenoxy) is 1. The van der Waals surface area contributed by atoms with Crippen LogP contribution in [-0.2, 0) is 0 Å². The predicted octanol–water partition coefficient (Wildman–Crippen LogP) is 4.02. The van der Waals surface area contributed by atoms with E-state index in [2.05, 4.69) is 0 Å². The number of benzene rings is 2. The van der Waals surface area contributed by atoms with Crippen molar-refractivity contribution in [3.8, 4) is 11.5 Å². The molecule has 0 aliphatic heterocycles. The lowest BCUT2D eigenvalue weighted by Crippen LogP contribution is -1.94. The molecule has 0 aliphatic carbocycles. The van der Waals surface area contributed by atoms with Crippen molar-refractivity contribution in [3.05, 3.63) is 53.1 Å². The highest BCUT2D eigenvalue weighted by molar-refractivity contribution is 6.30. The van der Waals surface area contributed by atoms with E-state index in [4.69, 9.17) is 22.1 Å². The zero-order chi connectivity index (χ0) is 11.5. The second-order valence-corrected chi connectivity index (χ2v) is 3.99. The van der Waals surface area contributed by atoms with Gasteiger partial charge in [0.2, 0.25) is 0 Å². The number of hydrogen-bond donors (Lipinski definition) is 1. The highest BCUT2D eigenvalue weighted by Crippen LogP contribution is 2.31. The largest absolute Gasteiger partial charge is 0.455 e. The topological polar surface area (TPSA) is 35.2 Å². The van der Waals surface area contributed by atoms with Crippen molar-refractivity contribution in [2.45, 2.75) is 6.92 Å². The average Bonchev–Trinajstić information content (AvgIpc) is 2.26. The molecule has 0 amide bonds. The molecule has 0 spiro atoms. The number of rotatable bonds is 2. The summed E-state index contributed by atoms with van der Waals surface area (Å²) in [5.41, 5.74) is 7.49. The molecule has 0 bridgehead atoms. The van der Waals surface area contributed by atoms with Crippen LogP contribution in [0.3, 0.4) is 0 Å². The molecule has 2 N–H and O–H groups in total. The summed E-state index contributed by atoms with van der Waals surface area (Å²) in [5, 5.41) is 0.685. The minimum Gasteiger partial charge on any atom is -0.455 e. The van der Waals surface area contributed by atoms with Gasteiger partial charge in [-0.25, -0.2) is 0 Å². The van der Waals surface area contributed by atoms with E-state index >= 15 is 0 Å². The summed E-state index contributed by atoms with van der Waals surface area (Å²) in [6.45, 7) is 1.96. The van der Waals surface area contributed by atoms with Gasteiger partial charge in [-0.2, -0.15) is 0 Å². The van der Waals surface area contributed by atoms with E-state index in [0.29, 0.717) is 16.5 Å². The molecule has 0 radical (unpaired) electrons. The standard InChI is InChI=1S/C13H12ClNO/c1-9-3-2-4-12(15)13(9)16-11-7-5-10(14)6-8-11/h2-8H,15H2,1H3. The summed E-state index contributed by atoms with van der Waals surface area (Å²) in [6, 6.07) is 12.9. The lowest BCUT2D eigenvalue weighted by atomic mass is 10.2. The Bertz CT molecular complexity index is 474. The highest BCUT2D eigenvalue weighted by atomic mass is 35.5. The van der Waals surface area contributed by atoms with Gasteiger partial charge in [0, 0.05) is 5.02 Å². The molecule has 0 saturated heterocycles. The molecule has 82 valence electrons. The van der Waals surface area contributed by atoms with Gasteiger partial charge in [0.05, 0.1) is 5.69 Å². The number of nitrogen functional groups attached to an aromatic ring is 1. The van der Waals surface area contributed by atoms with Gasteiger partial charge in [-0.15, -0.1) is 0 Å². The first-order valence-electron chi connectivity index (χ1n) is 4.95. The Kier molecular flexibility index (Phi) is 3.02. The van der Waals surface area contributed by atoms with Crippen LogP contribution in [0.15, 0.2) is 42.5 Å². The molecule has 2 nitrogen and oxygen atoms in total. The third-order valence-corrected chi connectivity index (χ3v) is 2.53. The molecule has 0 heterocycles. The maximum Gasteiger partial charge on any atom is 0.153 e. The third kappa shape index (κ3) is 2.28. The third-order valence-electron chi connectivity index (χ3n) is 2.28. The molecule has 0 aromatic heterocycles. The van der Waals surface area contributed by atoms with E-state index in [1.807, 2.05) is 37.3 Å². The molecular weight excluding hydrogens is 222 g/mol. The van der Waals surface area contributed by atoms with Gasteiger partial charge < -0.3 is 10.5 Å². The Labute approximate surface area is 99.6 Å². The van der Waals surface area contributed by atoms with Crippen LogP contribution in [-0.4, -0.2) is 0 Å². The van der Waals surface area contributed by atoms with E-state index < -0.39 is 0 Å². The first-order valence-corrected chi connectivity index (χ1v) is 5.33. The van der Waals surface area contributed by atoms with Gasteiger partial charge >= 0.3 is 0 Å². The van der Waals surface area contributed by atoms with Crippen LogP contribution in [0.25, 0.3) is 0 Å². The number of aryl methyl sites for hydroxylation is 1. The van der Waals surface area contributed by atoms with Crippen molar-refractivity contribution >= 4 is 17.3 Å². The zero-order valence-corrected chi connectivity index (χ0v) is 9.66. The molecular formula is C13H12ClNO. The summed E-state index contributed by atoms with van der Waals surface area (Å²) in [6.07, 6.45) is 0. The average molecular weight is 234 g/mol. The summed E-state index contributed by atoms with van der Waals surface area (Å²) < 4.78 is 5.71. The molecule has 2 aromatic rings. The van der Waals surface area contributed by atoms with Crippen LogP contribution in [0.4, 0.5) is 5.69 Å². The maximum atomic E-state index is 5.85. The summed E-state index contributed by atoms with van der Waals surface area (Å²) in [5.74, 6) is 1.43. The van der Waals surface area contributed by atoms with Gasteiger partial charge in [0.15, 0.2) is 5.75 Å². The van der Waals surface area contributed by atoms with Crippen LogP contribution < -0.4 is 10.5 Å². The zero-order valence-electron chi connectivity index (χ0n) is 8.91. The smallest absolute Gasteiger partial charge is 0.153 e. The minimum absolute atomic E-state index is 0.634. The normalized spacial score (nSPS) is 10.1. The lowest BCUT2D eigenvalue weighted by molar-refractivity contribution is 0.481. The molecule has 0 unspecified atom stereocenters. The maximum absolute atomic E-state index is 5.85. The van der Waals surface area contributed by atoms with E-state index in [1.165, 1.54) is 0 Å². The van der Waals surface area contributed by atoms with Crippen molar-refractivity contribution < 1.29 is 4.74 Å². The Balaban J connectivity index is 2.30. The number of halogens is 1. The van der Waals surface area contributed by atoms with Gasteiger partial charge in [-0.3, -0.25) is 0 Å². The molecule has 2 aromatic carbocycles. The highest BCUT2D eigenvalue weighted by Gasteiger charge is 2.05. The van der Waals surface area contributed by atoms with Crippen LogP contribution in [0.5, 0.6) is 11.5 Å². The Morgan fingerprint density at radius 2 is 1.75 bits per heavy atom. The minimum atomic E-state index is 0.634. The van der Waals surface area contributed by atoms with Crippen LogP contribution >= 0.6 is 11.6 Å². The molecule has 2 rings (SSSR count). The van der Waals surface area contributed by atoms with Crippen molar-refractivity contribution in [2.75, 3.05) is 5.73 Å². The fourth-order valence-corrected chi connectivity index (χ4v) is 1.56. The van der Waals surface area contributed by atoms with Crippen molar-refractivity contribution in [1.82, 2.24) is 0 Å². The van der Waals surface area contributed by atoms with Gasteiger partial charge in [-0.05, 0) is 42.8 Å². The van der Waals surface area contributed by atoms with E-state index in [-0.39, 0.29) is 0 Å². The molecule has 16 heavy (non-hydrogen) atoms. The molecule has 3 heteroatoms. The monoisotopic (exact) mass is 233 g/mol. The SMILES string of the molecule is Cc1cccc(N)c1Oc1ccc(Cl)cc1. The van der Waals surface area contributed by atoms with Gasteiger partial charge in [0.25, 0.3) is 0 Å². The number of hydrogen-bond acceptors (Lipinski definition) is 2. The van der Waals surface area contributed by atoms with Crippen LogP contribution in [0, 0.1) is 6.92 Å². The van der Waals surface area contributed by atoms with E-state index in [9.17, 15) is 0 Å². The van der Waals surface area contributed by atoms with Crippen LogP contribution in [0.1, 0.15) is 5.56 Å². The first-order chi connectivity index (χ1) is 7.66. The quantitative estimate of drug-likeness (QED) is 0.795. The fourth-order valence-electron chi connectivity index (χ4n) is 1.44. The number of para-hydroxylation sites is 1. The fraction of sp³-hybridized carbons (Fsp3) is 0.0769. The second-order valence-electron chi connectivity index (χ2n) is 3.55. The van der Waals surface area contributed by atoms with Crippen molar-refractivity contribution in [2.24, 2.45) is 0 Å². The van der Waals surface area contributed by atoms with Gasteiger partial charge in [-0.1, -0.05) is 23.7 Å². The first kappa shape index (κ1) is 10.8. The van der Waals surface area contributed by atoms with Crippen molar-refractivity contribution in [3.63, 3.8) is 0 Å². The summed E-state index contributed by atoms with van der Waals surface area (Å²) in [4.78, 5) is 0. The van der Waals surface area contributed by atoms with Crippen LogP contribution in [0.2, 0.25) is 5.02 Å². The number of anilines is 1. The van der Waals surface area contributed by atoms with Crippen molar-refractivity contribution in [1.29, 1.82) is 0 Å². The summed E-state index contributed by atoms with van der Waals surface area (Å²) in [7, 11) is 0. The molecule has 0 aliphatic rings. The predicted molar refractivity (Wildman–Crippen MR) is 67.1 cm³/mol. The lowest BCUT2D eigenvalue weighted by Gasteiger charge is -2.10. The van der Waals surface area contributed by atoms with E-state index in [0.717, 1.165) is 11.3 Å². The molecule has 0 atom stereocenters. The Morgan fingerprint density at radius 3 is 2.38 bits per heavy atom. The summed E-state index contributed by atoms with van der Waals surface area (Å²) >= 11 is 5.80. The molecule has 0 fully saturated rings. The number of nitrogens with two attached hydrogens (primary N) is 1. The van der Waals surface area contributed by atoms with E-state index in [1.54, 1.807) is 12.1 Å².